The van der Waals surface area contributed by atoms with Crippen molar-refractivity contribution in [3.05, 3.63) is 51.3 Å². The monoisotopic (exact) mass is 408 g/mol. The largest absolute Gasteiger partial charge is 0.345 e. The van der Waals surface area contributed by atoms with Gasteiger partial charge in [-0.05, 0) is 51.5 Å². The molecule has 0 bridgehead atoms. The average Bonchev–Trinajstić information content (AvgIpc) is 2.89. The van der Waals surface area contributed by atoms with Crippen LogP contribution in [0.25, 0.3) is 5.69 Å². The Kier molecular flexibility index (Phi) is 7.05. The lowest BCUT2D eigenvalue weighted by Crippen LogP contribution is -2.41. The highest BCUT2D eigenvalue weighted by atomic mass is 35.5. The molecule has 0 fully saturated rings. The number of nitrogens with zero attached hydrogens (tertiary/aromatic N) is 2. The van der Waals surface area contributed by atoms with Crippen molar-refractivity contribution in [3.8, 4) is 5.69 Å². The first-order valence-electron chi connectivity index (χ1n) is 8.52. The highest BCUT2D eigenvalue weighted by molar-refractivity contribution is 6.36. The Hall–Kier alpha value is -2.31. The summed E-state index contributed by atoms with van der Waals surface area (Å²) in [6.45, 7) is 7.60. The van der Waals surface area contributed by atoms with Crippen LogP contribution in [0.1, 0.15) is 37.2 Å². The van der Waals surface area contributed by atoms with Crippen molar-refractivity contribution in [2.45, 2.75) is 40.2 Å². The first kappa shape index (κ1) is 21.0. The number of aryl methyl sites for hydroxylation is 1. The lowest BCUT2D eigenvalue weighted by molar-refractivity contribution is -0.139. The van der Waals surface area contributed by atoms with Crippen molar-refractivity contribution in [1.29, 1.82) is 0 Å². The maximum absolute atomic E-state index is 11.8. The first-order chi connectivity index (χ1) is 12.7. The summed E-state index contributed by atoms with van der Waals surface area (Å²) >= 11 is 12.3. The molecular formula is C19H22Cl2N4O2. The molecule has 0 spiro atoms. The third kappa shape index (κ3) is 5.11. The number of hydrogen-bond donors (Lipinski definition) is 2. The number of halogens is 2. The Balaban J connectivity index is 2.16. The molecule has 1 atom stereocenters. The second-order valence-corrected chi connectivity index (χ2v) is 7.08. The molecule has 2 N–H and O–H groups in total. The number of amides is 2. The van der Waals surface area contributed by atoms with E-state index in [1.807, 2.05) is 44.4 Å². The van der Waals surface area contributed by atoms with Crippen molar-refractivity contribution in [2.75, 3.05) is 0 Å². The van der Waals surface area contributed by atoms with E-state index in [-0.39, 0.29) is 6.04 Å². The lowest BCUT2D eigenvalue weighted by Gasteiger charge is -2.11. The van der Waals surface area contributed by atoms with E-state index in [4.69, 9.17) is 23.2 Å². The maximum atomic E-state index is 11.8. The van der Waals surface area contributed by atoms with E-state index >= 15 is 0 Å². The van der Waals surface area contributed by atoms with E-state index in [0.717, 1.165) is 29.1 Å². The van der Waals surface area contributed by atoms with E-state index in [1.165, 1.54) is 6.21 Å². The summed E-state index contributed by atoms with van der Waals surface area (Å²) in [5, 5.41) is 7.56. The number of benzene rings is 1. The van der Waals surface area contributed by atoms with Crippen LogP contribution in [-0.2, 0) is 9.59 Å². The number of carbonyl (C=O) groups is 2. The number of nitrogens with one attached hydrogen (secondary N) is 2. The summed E-state index contributed by atoms with van der Waals surface area (Å²) in [6.07, 6.45) is 2.23. The van der Waals surface area contributed by atoms with Gasteiger partial charge in [-0.25, -0.2) is 5.43 Å². The fourth-order valence-corrected chi connectivity index (χ4v) is 3.05. The predicted molar refractivity (Wildman–Crippen MR) is 109 cm³/mol. The third-order valence-corrected chi connectivity index (χ3v) is 4.72. The summed E-state index contributed by atoms with van der Waals surface area (Å²) in [6, 6.07) is 7.13. The molecule has 2 rings (SSSR count). The van der Waals surface area contributed by atoms with Crippen LogP contribution in [0.15, 0.2) is 29.4 Å². The van der Waals surface area contributed by atoms with Gasteiger partial charge in [-0.3, -0.25) is 9.59 Å². The fourth-order valence-electron chi connectivity index (χ4n) is 2.55. The van der Waals surface area contributed by atoms with Crippen LogP contribution in [-0.4, -0.2) is 28.6 Å². The summed E-state index contributed by atoms with van der Waals surface area (Å²) in [7, 11) is 0. The number of rotatable bonds is 5. The maximum Gasteiger partial charge on any atom is 0.329 e. The Bertz CT molecular complexity index is 890. The molecule has 8 heteroatoms. The van der Waals surface area contributed by atoms with Crippen molar-refractivity contribution in [3.63, 3.8) is 0 Å². The molecule has 144 valence electrons. The Morgan fingerprint density at radius 1 is 1.22 bits per heavy atom. The van der Waals surface area contributed by atoms with Crippen LogP contribution < -0.4 is 10.7 Å². The summed E-state index contributed by atoms with van der Waals surface area (Å²) in [5.41, 5.74) is 5.66. The van der Waals surface area contributed by atoms with E-state index in [0.29, 0.717) is 10.0 Å². The highest BCUT2D eigenvalue weighted by Crippen LogP contribution is 2.28. The Labute approximate surface area is 168 Å². The van der Waals surface area contributed by atoms with E-state index < -0.39 is 11.8 Å². The van der Waals surface area contributed by atoms with Gasteiger partial charge in [0.2, 0.25) is 0 Å². The second-order valence-electron chi connectivity index (χ2n) is 6.24. The van der Waals surface area contributed by atoms with Crippen LogP contribution in [0.3, 0.4) is 0 Å². The number of carbonyl (C=O) groups excluding carboxylic acids is 2. The molecule has 1 heterocycles. The minimum Gasteiger partial charge on any atom is -0.345 e. The summed E-state index contributed by atoms with van der Waals surface area (Å²) in [5.74, 6) is -1.51. The molecule has 2 amide bonds. The Morgan fingerprint density at radius 2 is 1.93 bits per heavy atom. The molecule has 0 saturated heterocycles. The van der Waals surface area contributed by atoms with Crippen molar-refractivity contribution >= 4 is 41.2 Å². The summed E-state index contributed by atoms with van der Waals surface area (Å²) < 4.78 is 1.97. The van der Waals surface area contributed by atoms with Crippen LogP contribution in [0.2, 0.25) is 10.0 Å². The minimum absolute atomic E-state index is 0.0738. The molecule has 0 unspecified atom stereocenters. The van der Waals surface area contributed by atoms with Gasteiger partial charge in [-0.2, -0.15) is 5.10 Å². The van der Waals surface area contributed by atoms with Gasteiger partial charge in [0.15, 0.2) is 0 Å². The van der Waals surface area contributed by atoms with E-state index in [1.54, 1.807) is 12.1 Å². The van der Waals surface area contributed by atoms with Crippen LogP contribution in [0, 0.1) is 13.8 Å². The fraction of sp³-hybridized carbons (Fsp3) is 0.316. The van der Waals surface area contributed by atoms with Gasteiger partial charge in [0.1, 0.15) is 0 Å². The average molecular weight is 409 g/mol. The van der Waals surface area contributed by atoms with Gasteiger partial charge >= 0.3 is 11.8 Å². The zero-order valence-electron chi connectivity index (χ0n) is 15.6. The van der Waals surface area contributed by atoms with Gasteiger partial charge in [-0.15, -0.1) is 0 Å². The molecule has 2 aromatic rings. The van der Waals surface area contributed by atoms with E-state index in [2.05, 4.69) is 15.8 Å². The standard InChI is InChI=1S/C19H22Cl2N4O2/c1-5-11(2)23-18(26)19(27)24-22-10-14-8-12(3)25(13(14)4)17-7-6-15(20)9-16(17)21/h6-11H,5H2,1-4H3,(H,23,26)(H,24,27)/b22-10-/t11-/m0/s1. The molecule has 0 aliphatic heterocycles. The summed E-state index contributed by atoms with van der Waals surface area (Å²) in [4.78, 5) is 23.5. The lowest BCUT2D eigenvalue weighted by atomic mass is 10.2. The first-order valence-corrected chi connectivity index (χ1v) is 9.28. The van der Waals surface area contributed by atoms with Crippen LogP contribution in [0.5, 0.6) is 0 Å². The third-order valence-electron chi connectivity index (χ3n) is 4.19. The van der Waals surface area contributed by atoms with Crippen molar-refractivity contribution < 1.29 is 9.59 Å². The SMILES string of the molecule is CC[C@H](C)NC(=O)C(=O)N/N=C\c1cc(C)n(-c2ccc(Cl)cc2Cl)c1C. The number of hydrazone groups is 1. The van der Waals surface area contributed by atoms with Crippen LogP contribution in [0.4, 0.5) is 0 Å². The molecule has 0 aliphatic carbocycles. The topological polar surface area (TPSA) is 75.5 Å². The highest BCUT2D eigenvalue weighted by Gasteiger charge is 2.15. The molecular weight excluding hydrogens is 387 g/mol. The quantitative estimate of drug-likeness (QED) is 0.448. The van der Waals surface area contributed by atoms with Gasteiger partial charge < -0.3 is 9.88 Å². The molecule has 0 radical (unpaired) electrons. The number of hydrogen-bond acceptors (Lipinski definition) is 3. The van der Waals surface area contributed by atoms with E-state index in [9.17, 15) is 9.59 Å². The predicted octanol–water partition coefficient (Wildman–Crippen LogP) is 3.77. The van der Waals surface area contributed by atoms with Gasteiger partial charge in [0.25, 0.3) is 0 Å². The molecule has 0 aliphatic rings. The molecule has 27 heavy (non-hydrogen) atoms. The van der Waals surface area contributed by atoms with Crippen molar-refractivity contribution in [2.24, 2.45) is 5.10 Å². The van der Waals surface area contributed by atoms with Crippen LogP contribution >= 0.6 is 23.2 Å². The van der Waals surface area contributed by atoms with Gasteiger partial charge in [-0.1, -0.05) is 30.1 Å². The van der Waals surface area contributed by atoms with Crippen molar-refractivity contribution in [1.82, 2.24) is 15.3 Å². The zero-order chi connectivity index (χ0) is 20.1. The smallest absolute Gasteiger partial charge is 0.329 e. The molecule has 6 nitrogen and oxygen atoms in total. The zero-order valence-corrected chi connectivity index (χ0v) is 17.1. The molecule has 1 aromatic heterocycles. The van der Waals surface area contributed by atoms with Gasteiger partial charge in [0.05, 0.1) is 16.9 Å². The molecule has 0 saturated carbocycles. The molecule has 1 aromatic carbocycles. The minimum atomic E-state index is -0.805. The normalized spacial score (nSPS) is 12.2. The Morgan fingerprint density at radius 3 is 2.56 bits per heavy atom. The second kappa shape index (κ2) is 9.06. The number of aromatic nitrogens is 1. The van der Waals surface area contributed by atoms with Gasteiger partial charge in [0, 0.05) is 28.0 Å².